The lowest BCUT2D eigenvalue weighted by Gasteiger charge is -2.16. The summed E-state index contributed by atoms with van der Waals surface area (Å²) in [6.07, 6.45) is -1.23. The highest BCUT2D eigenvalue weighted by Gasteiger charge is 2.38. The fourth-order valence-corrected chi connectivity index (χ4v) is 3.33. The summed E-state index contributed by atoms with van der Waals surface area (Å²) < 4.78 is 41.0. The summed E-state index contributed by atoms with van der Waals surface area (Å²) in [5.74, 6) is -0.631. The van der Waals surface area contributed by atoms with Gasteiger partial charge in [-0.1, -0.05) is 6.07 Å². The summed E-state index contributed by atoms with van der Waals surface area (Å²) in [5, 5.41) is -0.623. The van der Waals surface area contributed by atoms with Crippen molar-refractivity contribution in [2.45, 2.75) is 13.1 Å². The fraction of sp³-hybridized carbons (Fsp3) is 0.176. The molecule has 2 amide bonds. The van der Waals surface area contributed by atoms with E-state index in [0.717, 1.165) is 11.0 Å². The van der Waals surface area contributed by atoms with Crippen LogP contribution in [0.5, 0.6) is 0 Å². The number of rotatable bonds is 2. The Morgan fingerprint density at radius 1 is 1.16 bits per heavy atom. The molecule has 0 radical (unpaired) electrons. The molecule has 25 heavy (non-hydrogen) atoms. The van der Waals surface area contributed by atoms with Crippen LogP contribution in [0, 0.1) is 6.92 Å². The number of anilines is 1. The normalized spacial score (nSPS) is 17.0. The van der Waals surface area contributed by atoms with Gasteiger partial charge in [0.15, 0.2) is 0 Å². The van der Waals surface area contributed by atoms with E-state index >= 15 is 0 Å². The number of aryl methyl sites for hydroxylation is 2. The second-order valence-electron chi connectivity index (χ2n) is 5.56. The van der Waals surface area contributed by atoms with Crippen LogP contribution in [0.1, 0.15) is 16.8 Å². The molecule has 1 aliphatic heterocycles. The third kappa shape index (κ3) is 3.21. The summed E-state index contributed by atoms with van der Waals surface area (Å²) >= 11 is 0.705. The molecule has 2 heterocycles. The Labute approximate surface area is 145 Å². The SMILES string of the molecule is Cc1ccc(N2C(=O)S/C(=C/c3cccn3C)C2=O)cc1C(F)(F)F. The van der Waals surface area contributed by atoms with Crippen LogP contribution in [0.3, 0.4) is 0 Å². The minimum Gasteiger partial charge on any atom is -0.351 e. The summed E-state index contributed by atoms with van der Waals surface area (Å²) in [5.41, 5.74) is -0.209. The lowest BCUT2D eigenvalue weighted by Crippen LogP contribution is -2.28. The second-order valence-corrected chi connectivity index (χ2v) is 6.55. The summed E-state index contributed by atoms with van der Waals surface area (Å²) in [6, 6.07) is 6.97. The first-order valence-corrected chi connectivity index (χ1v) is 8.07. The molecule has 130 valence electrons. The van der Waals surface area contributed by atoms with E-state index in [-0.39, 0.29) is 16.2 Å². The molecule has 0 unspecified atom stereocenters. The minimum absolute atomic E-state index is 0.0302. The van der Waals surface area contributed by atoms with Gasteiger partial charge in [-0.25, -0.2) is 4.90 Å². The van der Waals surface area contributed by atoms with Crippen LogP contribution >= 0.6 is 11.8 Å². The predicted octanol–water partition coefficient (Wildman–Crippen LogP) is 4.59. The zero-order valence-corrected chi connectivity index (χ0v) is 14.1. The van der Waals surface area contributed by atoms with Gasteiger partial charge in [0.05, 0.1) is 16.2 Å². The molecule has 8 heteroatoms. The Kier molecular flexibility index (Phi) is 4.24. The Balaban J connectivity index is 1.99. The third-order valence-corrected chi connectivity index (χ3v) is 4.71. The molecule has 0 saturated carbocycles. The van der Waals surface area contributed by atoms with E-state index in [4.69, 9.17) is 0 Å². The molecule has 2 aromatic rings. The first-order valence-electron chi connectivity index (χ1n) is 7.25. The molecule has 0 spiro atoms. The molecule has 0 aliphatic carbocycles. The third-order valence-electron chi connectivity index (χ3n) is 3.84. The Morgan fingerprint density at radius 2 is 1.88 bits per heavy atom. The Morgan fingerprint density at radius 3 is 2.48 bits per heavy atom. The van der Waals surface area contributed by atoms with Crippen LogP contribution < -0.4 is 4.90 Å². The first-order chi connectivity index (χ1) is 11.7. The highest BCUT2D eigenvalue weighted by atomic mass is 32.2. The van der Waals surface area contributed by atoms with Crippen molar-refractivity contribution in [2.75, 3.05) is 4.90 Å². The molecular weight excluding hydrogens is 353 g/mol. The number of carbonyl (C=O) groups is 2. The van der Waals surface area contributed by atoms with E-state index in [2.05, 4.69) is 0 Å². The van der Waals surface area contributed by atoms with Crippen molar-refractivity contribution < 1.29 is 22.8 Å². The molecule has 0 atom stereocenters. The Hall–Kier alpha value is -2.48. The van der Waals surface area contributed by atoms with Crippen molar-refractivity contribution in [2.24, 2.45) is 7.05 Å². The molecule has 4 nitrogen and oxygen atoms in total. The van der Waals surface area contributed by atoms with Gasteiger partial charge in [0, 0.05) is 18.9 Å². The summed E-state index contributed by atoms with van der Waals surface area (Å²) in [6.45, 7) is 1.33. The maximum atomic E-state index is 13.1. The van der Waals surface area contributed by atoms with Gasteiger partial charge >= 0.3 is 6.18 Å². The topological polar surface area (TPSA) is 42.3 Å². The van der Waals surface area contributed by atoms with Gasteiger partial charge in [-0.2, -0.15) is 13.2 Å². The van der Waals surface area contributed by atoms with Crippen LogP contribution in [0.25, 0.3) is 6.08 Å². The van der Waals surface area contributed by atoms with E-state index < -0.39 is 22.9 Å². The number of alkyl halides is 3. The number of hydrogen-bond acceptors (Lipinski definition) is 3. The highest BCUT2D eigenvalue weighted by molar-refractivity contribution is 8.19. The number of amides is 2. The maximum absolute atomic E-state index is 13.1. The summed E-state index contributed by atoms with van der Waals surface area (Å²) in [4.78, 5) is 25.7. The van der Waals surface area contributed by atoms with Crippen molar-refractivity contribution in [1.82, 2.24) is 4.57 Å². The number of benzene rings is 1. The predicted molar refractivity (Wildman–Crippen MR) is 90.0 cm³/mol. The molecular formula is C17H13F3N2O2S. The number of halogens is 3. The number of aromatic nitrogens is 1. The average Bonchev–Trinajstić information content (AvgIpc) is 3.03. The van der Waals surface area contributed by atoms with Gasteiger partial charge in [-0.15, -0.1) is 0 Å². The standard InChI is InChI=1S/C17H13F3N2O2S/c1-10-5-6-12(8-13(10)17(18,19)20)22-15(23)14(25-16(22)24)9-11-4-3-7-21(11)2/h3-9H,1-2H3/b14-9+. The zero-order chi connectivity index (χ0) is 18.4. The largest absolute Gasteiger partial charge is 0.416 e. The number of nitrogens with zero attached hydrogens (tertiary/aromatic N) is 2. The van der Waals surface area contributed by atoms with Gasteiger partial charge in [0.1, 0.15) is 0 Å². The van der Waals surface area contributed by atoms with Crippen molar-refractivity contribution in [3.8, 4) is 0 Å². The molecule has 1 aromatic heterocycles. The lowest BCUT2D eigenvalue weighted by molar-refractivity contribution is -0.138. The molecule has 1 aliphatic rings. The van der Waals surface area contributed by atoms with Crippen LogP contribution in [0.2, 0.25) is 0 Å². The van der Waals surface area contributed by atoms with Gasteiger partial charge in [0.2, 0.25) is 0 Å². The summed E-state index contributed by atoms with van der Waals surface area (Å²) in [7, 11) is 1.78. The minimum atomic E-state index is -4.55. The quantitative estimate of drug-likeness (QED) is 0.730. The molecule has 1 fully saturated rings. The van der Waals surface area contributed by atoms with E-state index in [9.17, 15) is 22.8 Å². The van der Waals surface area contributed by atoms with E-state index in [1.807, 2.05) is 0 Å². The van der Waals surface area contributed by atoms with Crippen molar-refractivity contribution in [3.63, 3.8) is 0 Å². The van der Waals surface area contributed by atoms with Gasteiger partial charge in [-0.05, 0) is 54.6 Å². The van der Waals surface area contributed by atoms with Crippen LogP contribution in [-0.2, 0) is 18.0 Å². The second kappa shape index (κ2) is 6.11. The van der Waals surface area contributed by atoms with E-state index in [1.54, 1.807) is 36.0 Å². The van der Waals surface area contributed by atoms with Gasteiger partial charge in [0.25, 0.3) is 11.1 Å². The number of carbonyl (C=O) groups excluding carboxylic acids is 2. The zero-order valence-electron chi connectivity index (χ0n) is 13.3. The Bertz CT molecular complexity index is 900. The molecule has 1 saturated heterocycles. The lowest BCUT2D eigenvalue weighted by atomic mass is 10.1. The van der Waals surface area contributed by atoms with Crippen LogP contribution in [0.15, 0.2) is 41.4 Å². The number of imide groups is 1. The smallest absolute Gasteiger partial charge is 0.351 e. The molecule has 0 bridgehead atoms. The van der Waals surface area contributed by atoms with Crippen LogP contribution in [0.4, 0.5) is 23.7 Å². The van der Waals surface area contributed by atoms with Crippen molar-refractivity contribution >= 4 is 34.7 Å². The number of thioether (sulfide) groups is 1. The highest BCUT2D eigenvalue weighted by Crippen LogP contribution is 2.39. The van der Waals surface area contributed by atoms with Crippen molar-refractivity contribution in [1.29, 1.82) is 0 Å². The fourth-order valence-electron chi connectivity index (χ4n) is 2.50. The average molecular weight is 366 g/mol. The van der Waals surface area contributed by atoms with Crippen LogP contribution in [-0.4, -0.2) is 15.7 Å². The van der Waals surface area contributed by atoms with E-state index in [1.165, 1.54) is 19.1 Å². The maximum Gasteiger partial charge on any atom is 0.416 e. The molecule has 0 N–H and O–H groups in total. The van der Waals surface area contributed by atoms with Gasteiger partial charge < -0.3 is 4.57 Å². The van der Waals surface area contributed by atoms with Crippen molar-refractivity contribution in [3.05, 3.63) is 58.3 Å². The molecule has 1 aromatic carbocycles. The monoisotopic (exact) mass is 366 g/mol. The molecule has 3 rings (SSSR count). The first kappa shape index (κ1) is 17.3. The van der Waals surface area contributed by atoms with Gasteiger partial charge in [-0.3, -0.25) is 9.59 Å². The number of hydrogen-bond donors (Lipinski definition) is 0. The van der Waals surface area contributed by atoms with E-state index in [0.29, 0.717) is 17.5 Å².